The second-order valence-corrected chi connectivity index (χ2v) is 4.11. The number of aliphatic carboxylic acids is 1. The highest BCUT2D eigenvalue weighted by Gasteiger charge is 2.29. The molecule has 0 unspecified atom stereocenters. The molecular formula is C11H12F2N2O3. The van der Waals surface area contributed by atoms with Gasteiger partial charge in [0.05, 0.1) is 5.69 Å². The number of carboxylic acid groups (broad SMARTS) is 1. The molecule has 0 bridgehead atoms. The lowest BCUT2D eigenvalue weighted by Gasteiger charge is -2.21. The summed E-state index contributed by atoms with van der Waals surface area (Å²) in [6.07, 6.45) is 0. The van der Waals surface area contributed by atoms with E-state index in [1.807, 2.05) is 5.32 Å². The molecule has 98 valence electrons. The van der Waals surface area contributed by atoms with E-state index in [-0.39, 0.29) is 5.69 Å². The molecule has 18 heavy (non-hydrogen) atoms. The molecule has 0 radical (unpaired) electrons. The zero-order chi connectivity index (χ0) is 13.9. The van der Waals surface area contributed by atoms with Crippen molar-refractivity contribution in [3.05, 3.63) is 29.8 Å². The maximum absolute atomic E-state index is 13.2. The maximum Gasteiger partial charge on any atom is 0.328 e. The predicted molar refractivity (Wildman–Crippen MR) is 60.2 cm³/mol. The molecule has 0 spiro atoms. The molecule has 0 aliphatic rings. The van der Waals surface area contributed by atoms with Crippen LogP contribution in [-0.2, 0) is 4.79 Å². The van der Waals surface area contributed by atoms with Crippen molar-refractivity contribution in [2.45, 2.75) is 19.4 Å². The normalized spacial score (nSPS) is 10.9. The van der Waals surface area contributed by atoms with Crippen LogP contribution >= 0.6 is 0 Å². The lowest BCUT2D eigenvalue weighted by Crippen LogP contribution is -2.51. The Kier molecular flexibility index (Phi) is 3.85. The third kappa shape index (κ3) is 3.16. The average molecular weight is 258 g/mol. The molecule has 0 atom stereocenters. The van der Waals surface area contributed by atoms with E-state index in [1.54, 1.807) is 0 Å². The van der Waals surface area contributed by atoms with E-state index in [9.17, 15) is 18.4 Å². The number of anilines is 1. The van der Waals surface area contributed by atoms with Crippen LogP contribution in [0.15, 0.2) is 18.2 Å². The van der Waals surface area contributed by atoms with Crippen LogP contribution < -0.4 is 10.6 Å². The van der Waals surface area contributed by atoms with Crippen LogP contribution in [0.2, 0.25) is 0 Å². The van der Waals surface area contributed by atoms with Crippen molar-refractivity contribution in [1.82, 2.24) is 5.32 Å². The molecule has 0 fully saturated rings. The van der Waals surface area contributed by atoms with E-state index in [0.29, 0.717) is 0 Å². The first-order chi connectivity index (χ1) is 8.24. The van der Waals surface area contributed by atoms with Crippen molar-refractivity contribution in [2.24, 2.45) is 0 Å². The van der Waals surface area contributed by atoms with Gasteiger partial charge in [-0.15, -0.1) is 0 Å². The van der Waals surface area contributed by atoms with Gasteiger partial charge >= 0.3 is 12.0 Å². The fourth-order valence-corrected chi connectivity index (χ4v) is 1.09. The van der Waals surface area contributed by atoms with E-state index < -0.39 is 29.2 Å². The number of urea groups is 1. The van der Waals surface area contributed by atoms with Crippen LogP contribution in [0.5, 0.6) is 0 Å². The number of halogens is 2. The third-order valence-electron chi connectivity index (χ3n) is 2.16. The number of nitrogens with one attached hydrogen (secondary N) is 2. The summed E-state index contributed by atoms with van der Waals surface area (Å²) in [5, 5.41) is 12.9. The van der Waals surface area contributed by atoms with E-state index in [2.05, 4.69) is 5.32 Å². The van der Waals surface area contributed by atoms with E-state index >= 15 is 0 Å². The molecule has 0 heterocycles. The second kappa shape index (κ2) is 4.99. The van der Waals surface area contributed by atoms with E-state index in [4.69, 9.17) is 5.11 Å². The van der Waals surface area contributed by atoms with Gasteiger partial charge in [0.25, 0.3) is 0 Å². The van der Waals surface area contributed by atoms with Crippen molar-refractivity contribution in [1.29, 1.82) is 0 Å². The molecule has 1 aromatic rings. The number of carbonyl (C=O) groups excluding carboxylic acids is 1. The lowest BCUT2D eigenvalue weighted by molar-refractivity contribution is -0.142. The summed E-state index contributed by atoms with van der Waals surface area (Å²) in [4.78, 5) is 22.2. The first-order valence-corrected chi connectivity index (χ1v) is 5.00. The Morgan fingerprint density at radius 1 is 1.28 bits per heavy atom. The zero-order valence-electron chi connectivity index (χ0n) is 9.75. The molecule has 3 N–H and O–H groups in total. The van der Waals surface area contributed by atoms with Crippen LogP contribution in [0.4, 0.5) is 19.3 Å². The van der Waals surface area contributed by atoms with Gasteiger partial charge in [-0.1, -0.05) is 6.07 Å². The molecular weight excluding hydrogens is 246 g/mol. The second-order valence-electron chi connectivity index (χ2n) is 4.11. The summed E-state index contributed by atoms with van der Waals surface area (Å²) in [6, 6.07) is 2.34. The first-order valence-electron chi connectivity index (χ1n) is 5.00. The monoisotopic (exact) mass is 258 g/mol. The lowest BCUT2D eigenvalue weighted by atomic mass is 10.1. The van der Waals surface area contributed by atoms with Crippen molar-refractivity contribution >= 4 is 17.7 Å². The van der Waals surface area contributed by atoms with Gasteiger partial charge in [0.2, 0.25) is 0 Å². The number of amides is 2. The van der Waals surface area contributed by atoms with E-state index in [0.717, 1.165) is 12.1 Å². The molecule has 5 nitrogen and oxygen atoms in total. The van der Waals surface area contributed by atoms with Gasteiger partial charge in [-0.05, 0) is 26.0 Å². The summed E-state index contributed by atoms with van der Waals surface area (Å²) in [7, 11) is 0. The third-order valence-corrected chi connectivity index (χ3v) is 2.16. The number of carbonyl (C=O) groups is 2. The van der Waals surface area contributed by atoms with Crippen LogP contribution in [0.1, 0.15) is 13.8 Å². The topological polar surface area (TPSA) is 78.4 Å². The van der Waals surface area contributed by atoms with Gasteiger partial charge < -0.3 is 15.7 Å². The van der Waals surface area contributed by atoms with Crippen molar-refractivity contribution in [3.8, 4) is 0 Å². The van der Waals surface area contributed by atoms with Gasteiger partial charge in [0.1, 0.15) is 5.54 Å². The Bertz CT molecular complexity index is 489. The number of hydrogen-bond acceptors (Lipinski definition) is 2. The zero-order valence-corrected chi connectivity index (χ0v) is 9.75. The van der Waals surface area contributed by atoms with Gasteiger partial charge in [0.15, 0.2) is 11.6 Å². The molecule has 2 amide bonds. The fraction of sp³-hybridized carbons (Fsp3) is 0.273. The van der Waals surface area contributed by atoms with Gasteiger partial charge in [-0.25, -0.2) is 18.4 Å². The highest BCUT2D eigenvalue weighted by molar-refractivity contribution is 5.93. The Hall–Kier alpha value is -2.18. The van der Waals surface area contributed by atoms with Gasteiger partial charge in [-0.2, -0.15) is 0 Å². The highest BCUT2D eigenvalue weighted by atomic mass is 19.2. The molecule has 0 aliphatic heterocycles. The van der Waals surface area contributed by atoms with Gasteiger partial charge in [-0.3, -0.25) is 0 Å². The Morgan fingerprint density at radius 3 is 2.44 bits per heavy atom. The molecule has 0 saturated heterocycles. The van der Waals surface area contributed by atoms with Gasteiger partial charge in [0, 0.05) is 0 Å². The molecule has 0 aliphatic carbocycles. The number of carboxylic acids is 1. The fourth-order valence-electron chi connectivity index (χ4n) is 1.09. The smallest absolute Gasteiger partial charge is 0.328 e. The Balaban J connectivity index is 2.77. The molecule has 7 heteroatoms. The first kappa shape index (κ1) is 13.9. The minimum Gasteiger partial charge on any atom is -0.480 e. The van der Waals surface area contributed by atoms with Crippen LogP contribution in [0, 0.1) is 11.6 Å². The number of benzene rings is 1. The number of hydrogen-bond donors (Lipinski definition) is 3. The Morgan fingerprint density at radius 2 is 1.89 bits per heavy atom. The quantitative estimate of drug-likeness (QED) is 0.775. The van der Waals surface area contributed by atoms with Crippen molar-refractivity contribution < 1.29 is 23.5 Å². The number of rotatable bonds is 3. The summed E-state index contributed by atoms with van der Waals surface area (Å²) >= 11 is 0. The molecule has 0 saturated carbocycles. The minimum absolute atomic E-state index is 0.367. The Labute approximate surface area is 102 Å². The summed E-state index contributed by atoms with van der Waals surface area (Å²) in [6.45, 7) is 2.52. The standard InChI is InChI=1S/C11H12F2N2O3/c1-11(2,9(16)17)15-10(18)14-7-5-3-4-6(12)8(7)13/h3-5H,1-2H3,(H,16,17)(H2,14,15,18). The van der Waals surface area contributed by atoms with Crippen LogP contribution in [0.25, 0.3) is 0 Å². The highest BCUT2D eigenvalue weighted by Crippen LogP contribution is 2.16. The SMILES string of the molecule is CC(C)(NC(=O)Nc1cccc(F)c1F)C(=O)O. The molecule has 1 aromatic carbocycles. The molecule has 0 aromatic heterocycles. The summed E-state index contributed by atoms with van der Waals surface area (Å²) in [5.41, 5.74) is -1.89. The van der Waals surface area contributed by atoms with E-state index in [1.165, 1.54) is 19.9 Å². The summed E-state index contributed by atoms with van der Waals surface area (Å²) < 4.78 is 26.1. The summed E-state index contributed by atoms with van der Waals surface area (Å²) in [5.74, 6) is -3.57. The van der Waals surface area contributed by atoms with Crippen molar-refractivity contribution in [3.63, 3.8) is 0 Å². The van der Waals surface area contributed by atoms with Crippen LogP contribution in [0.3, 0.4) is 0 Å². The predicted octanol–water partition coefficient (Wildman–Crippen LogP) is 1.95. The largest absolute Gasteiger partial charge is 0.480 e. The molecule has 1 rings (SSSR count). The van der Waals surface area contributed by atoms with Crippen molar-refractivity contribution in [2.75, 3.05) is 5.32 Å². The maximum atomic E-state index is 13.2. The minimum atomic E-state index is -1.52. The van der Waals surface area contributed by atoms with Crippen LogP contribution in [-0.4, -0.2) is 22.6 Å². The average Bonchev–Trinajstić information content (AvgIpc) is 2.23.